The van der Waals surface area contributed by atoms with Gasteiger partial charge in [-0.25, -0.2) is 9.37 Å². The summed E-state index contributed by atoms with van der Waals surface area (Å²) >= 11 is 2.01. The standard InChI is InChI=1S/C14H23FN4S/c1-18-4-3-16-14(18)9-19-8-11(15)6-13(19)7-17-12-2-5-20-10-12/h3-4,11-13,17H,2,5-10H2,1H3/t11-,12?,13-/m0/s1. The number of rotatable bonds is 5. The highest BCUT2D eigenvalue weighted by molar-refractivity contribution is 7.99. The van der Waals surface area contributed by atoms with Gasteiger partial charge < -0.3 is 9.88 Å². The predicted molar refractivity (Wildman–Crippen MR) is 80.7 cm³/mol. The number of halogens is 1. The zero-order valence-corrected chi connectivity index (χ0v) is 12.8. The van der Waals surface area contributed by atoms with Gasteiger partial charge in [0.05, 0.1) is 6.54 Å². The minimum atomic E-state index is -0.694. The molecule has 1 aromatic rings. The second kappa shape index (κ2) is 6.45. The van der Waals surface area contributed by atoms with Gasteiger partial charge in [0, 0.05) is 50.4 Å². The molecule has 20 heavy (non-hydrogen) atoms. The lowest BCUT2D eigenvalue weighted by Crippen LogP contribution is -2.41. The number of aromatic nitrogens is 2. The molecule has 0 bridgehead atoms. The molecule has 1 aromatic heterocycles. The number of aryl methyl sites for hydroxylation is 1. The largest absolute Gasteiger partial charge is 0.337 e. The first-order chi connectivity index (χ1) is 9.72. The van der Waals surface area contributed by atoms with Crippen LogP contribution in [0.1, 0.15) is 18.7 Å². The molecule has 112 valence electrons. The van der Waals surface area contributed by atoms with Crippen molar-refractivity contribution in [2.45, 2.75) is 37.6 Å². The Kier molecular flexibility index (Phi) is 4.63. The molecular weight excluding hydrogens is 275 g/mol. The Balaban J connectivity index is 1.55. The van der Waals surface area contributed by atoms with E-state index in [1.54, 1.807) is 6.20 Å². The fourth-order valence-electron chi connectivity index (χ4n) is 3.06. The number of nitrogens with zero attached hydrogens (tertiary/aromatic N) is 3. The minimum Gasteiger partial charge on any atom is -0.337 e. The lowest BCUT2D eigenvalue weighted by Gasteiger charge is -2.25. The normalized spacial score (nSPS) is 31.2. The van der Waals surface area contributed by atoms with Crippen molar-refractivity contribution in [3.05, 3.63) is 18.2 Å². The quantitative estimate of drug-likeness (QED) is 0.891. The molecule has 4 nitrogen and oxygen atoms in total. The Hall–Kier alpha value is -0.590. The van der Waals surface area contributed by atoms with Crippen LogP contribution in [0.15, 0.2) is 12.4 Å². The maximum Gasteiger partial charge on any atom is 0.122 e. The monoisotopic (exact) mass is 298 g/mol. The number of hydrogen-bond donors (Lipinski definition) is 1. The van der Waals surface area contributed by atoms with Crippen LogP contribution < -0.4 is 5.32 Å². The predicted octanol–water partition coefficient (Wildman–Crippen LogP) is 1.43. The third-order valence-corrected chi connectivity index (χ3v) is 5.48. The van der Waals surface area contributed by atoms with Crippen LogP contribution in [0, 0.1) is 0 Å². The molecular formula is C14H23FN4S. The van der Waals surface area contributed by atoms with Crippen molar-refractivity contribution in [3.8, 4) is 0 Å². The van der Waals surface area contributed by atoms with Gasteiger partial charge >= 0.3 is 0 Å². The Morgan fingerprint density at radius 2 is 2.45 bits per heavy atom. The van der Waals surface area contributed by atoms with Gasteiger partial charge in [-0.2, -0.15) is 11.8 Å². The van der Waals surface area contributed by atoms with Crippen molar-refractivity contribution in [1.29, 1.82) is 0 Å². The average molecular weight is 298 g/mol. The number of likely N-dealkylation sites (tertiary alicyclic amines) is 1. The van der Waals surface area contributed by atoms with Crippen LogP contribution in [0.2, 0.25) is 0 Å². The van der Waals surface area contributed by atoms with Gasteiger partial charge in [-0.3, -0.25) is 4.90 Å². The summed E-state index contributed by atoms with van der Waals surface area (Å²) in [6, 6.07) is 0.918. The SMILES string of the molecule is Cn1ccnc1CN1C[C@@H](F)C[C@H]1CNC1CCSC1. The van der Waals surface area contributed by atoms with Crippen LogP contribution >= 0.6 is 11.8 Å². The molecule has 0 saturated carbocycles. The summed E-state index contributed by atoms with van der Waals surface area (Å²) in [7, 11) is 1.99. The van der Waals surface area contributed by atoms with Crippen molar-refractivity contribution in [3.63, 3.8) is 0 Å². The van der Waals surface area contributed by atoms with E-state index in [0.717, 1.165) is 18.9 Å². The second-order valence-corrected chi connectivity index (χ2v) is 6.99. The van der Waals surface area contributed by atoms with Crippen molar-refractivity contribution in [2.24, 2.45) is 7.05 Å². The fourth-order valence-corrected chi connectivity index (χ4v) is 4.24. The number of alkyl halides is 1. The maximum absolute atomic E-state index is 13.8. The van der Waals surface area contributed by atoms with Gasteiger partial charge in [-0.15, -0.1) is 0 Å². The molecule has 0 amide bonds. The van der Waals surface area contributed by atoms with Crippen molar-refractivity contribution < 1.29 is 4.39 Å². The summed E-state index contributed by atoms with van der Waals surface area (Å²) in [5.41, 5.74) is 0. The summed E-state index contributed by atoms with van der Waals surface area (Å²) in [5, 5.41) is 3.61. The first kappa shape index (κ1) is 14.4. The Bertz CT molecular complexity index is 433. The molecule has 3 heterocycles. The van der Waals surface area contributed by atoms with Crippen LogP contribution in [0.25, 0.3) is 0 Å². The van der Waals surface area contributed by atoms with Crippen molar-refractivity contribution >= 4 is 11.8 Å². The Morgan fingerprint density at radius 3 is 3.15 bits per heavy atom. The van der Waals surface area contributed by atoms with E-state index in [0.29, 0.717) is 25.0 Å². The van der Waals surface area contributed by atoms with E-state index in [1.165, 1.54) is 17.9 Å². The minimum absolute atomic E-state index is 0.298. The summed E-state index contributed by atoms with van der Waals surface area (Å²) < 4.78 is 15.8. The van der Waals surface area contributed by atoms with Gasteiger partial charge in [-0.1, -0.05) is 0 Å². The van der Waals surface area contributed by atoms with E-state index in [2.05, 4.69) is 15.2 Å². The fraction of sp³-hybridized carbons (Fsp3) is 0.786. The highest BCUT2D eigenvalue weighted by atomic mass is 32.2. The summed E-state index contributed by atoms with van der Waals surface area (Å²) in [6.07, 6.45) is 4.95. The molecule has 2 aliphatic rings. The number of nitrogens with one attached hydrogen (secondary N) is 1. The third kappa shape index (κ3) is 3.35. The lowest BCUT2D eigenvalue weighted by atomic mass is 10.2. The number of thioether (sulfide) groups is 1. The lowest BCUT2D eigenvalue weighted by molar-refractivity contribution is 0.220. The molecule has 0 aromatic carbocycles. The van der Waals surface area contributed by atoms with E-state index in [1.807, 2.05) is 29.6 Å². The van der Waals surface area contributed by atoms with Gasteiger partial charge in [0.15, 0.2) is 0 Å². The van der Waals surface area contributed by atoms with E-state index < -0.39 is 6.17 Å². The van der Waals surface area contributed by atoms with Crippen molar-refractivity contribution in [1.82, 2.24) is 19.8 Å². The third-order valence-electron chi connectivity index (χ3n) is 4.31. The smallest absolute Gasteiger partial charge is 0.122 e. The molecule has 0 spiro atoms. The zero-order chi connectivity index (χ0) is 13.9. The first-order valence-electron chi connectivity index (χ1n) is 7.38. The molecule has 1 N–H and O–H groups in total. The molecule has 2 saturated heterocycles. The number of hydrogen-bond acceptors (Lipinski definition) is 4. The zero-order valence-electron chi connectivity index (χ0n) is 12.0. The van der Waals surface area contributed by atoms with Gasteiger partial charge in [-0.05, 0) is 18.6 Å². The summed E-state index contributed by atoms with van der Waals surface area (Å²) in [5.74, 6) is 3.47. The molecule has 0 radical (unpaired) electrons. The van der Waals surface area contributed by atoms with Crippen LogP contribution in [-0.2, 0) is 13.6 Å². The molecule has 0 aliphatic carbocycles. The summed E-state index contributed by atoms with van der Waals surface area (Å²) in [4.78, 5) is 6.59. The van der Waals surface area contributed by atoms with Gasteiger partial charge in [0.1, 0.15) is 12.0 Å². The van der Waals surface area contributed by atoms with Gasteiger partial charge in [0.2, 0.25) is 0 Å². The molecule has 2 fully saturated rings. The molecule has 3 atom stereocenters. The Labute approximate surface area is 124 Å². The van der Waals surface area contributed by atoms with Crippen LogP contribution in [-0.4, -0.2) is 57.3 Å². The molecule has 1 unspecified atom stereocenters. The Morgan fingerprint density at radius 1 is 1.55 bits per heavy atom. The average Bonchev–Trinajstić information content (AvgIpc) is 3.12. The van der Waals surface area contributed by atoms with E-state index in [4.69, 9.17) is 0 Å². The summed E-state index contributed by atoms with van der Waals surface area (Å²) in [6.45, 7) is 2.18. The molecule has 3 rings (SSSR count). The highest BCUT2D eigenvalue weighted by Gasteiger charge is 2.33. The van der Waals surface area contributed by atoms with Crippen LogP contribution in [0.4, 0.5) is 4.39 Å². The molecule has 6 heteroatoms. The van der Waals surface area contributed by atoms with Crippen LogP contribution in [0.3, 0.4) is 0 Å². The van der Waals surface area contributed by atoms with E-state index in [-0.39, 0.29) is 0 Å². The molecule has 2 aliphatic heterocycles. The highest BCUT2D eigenvalue weighted by Crippen LogP contribution is 2.23. The number of imidazole rings is 1. The van der Waals surface area contributed by atoms with E-state index in [9.17, 15) is 4.39 Å². The van der Waals surface area contributed by atoms with E-state index >= 15 is 0 Å². The topological polar surface area (TPSA) is 33.1 Å². The maximum atomic E-state index is 13.8. The van der Waals surface area contributed by atoms with Gasteiger partial charge in [0.25, 0.3) is 0 Å². The van der Waals surface area contributed by atoms with Crippen molar-refractivity contribution in [2.75, 3.05) is 24.6 Å². The van der Waals surface area contributed by atoms with Crippen LogP contribution in [0.5, 0.6) is 0 Å². The first-order valence-corrected chi connectivity index (χ1v) is 8.53. The second-order valence-electron chi connectivity index (χ2n) is 5.84.